The Kier molecular flexibility index (Phi) is 60.8. The van der Waals surface area contributed by atoms with E-state index in [9.17, 15) is 14.4 Å². The summed E-state index contributed by atoms with van der Waals surface area (Å²) < 4.78 is 16.9. The lowest BCUT2D eigenvalue weighted by molar-refractivity contribution is -0.167. The highest BCUT2D eigenvalue weighted by Crippen LogP contribution is 2.15. The van der Waals surface area contributed by atoms with E-state index < -0.39 is 6.10 Å². The van der Waals surface area contributed by atoms with E-state index in [1.54, 1.807) is 0 Å². The van der Waals surface area contributed by atoms with Crippen molar-refractivity contribution in [1.82, 2.24) is 0 Å². The Balaban J connectivity index is 4.49. The summed E-state index contributed by atoms with van der Waals surface area (Å²) in [6.07, 6.45) is 89.1. The molecule has 0 N–H and O–H groups in total. The van der Waals surface area contributed by atoms with Crippen LogP contribution in [0, 0.1) is 0 Å². The zero-order valence-corrected chi connectivity index (χ0v) is 50.2. The summed E-state index contributed by atoms with van der Waals surface area (Å²) in [7, 11) is 0. The number of ether oxygens (including phenoxy) is 3. The molecule has 0 aromatic rings. The number of hydrogen-bond acceptors (Lipinski definition) is 6. The summed E-state index contributed by atoms with van der Waals surface area (Å²) in [6.45, 7) is 6.46. The molecule has 6 nitrogen and oxygen atoms in total. The Morgan fingerprint density at radius 1 is 0.273 bits per heavy atom. The van der Waals surface area contributed by atoms with E-state index in [1.165, 1.54) is 135 Å². The van der Waals surface area contributed by atoms with Crippen molar-refractivity contribution in [1.29, 1.82) is 0 Å². The number of carbonyl (C=O) groups excluding carboxylic acids is 3. The van der Waals surface area contributed by atoms with Gasteiger partial charge in [0.15, 0.2) is 6.10 Å². The molecule has 77 heavy (non-hydrogen) atoms. The zero-order valence-electron chi connectivity index (χ0n) is 50.2. The monoisotopic (exact) mass is 1070 g/mol. The molecule has 438 valence electrons. The van der Waals surface area contributed by atoms with E-state index >= 15 is 0 Å². The molecule has 0 bridgehead atoms. The molecule has 0 radical (unpaired) electrons. The molecule has 0 rings (SSSR count). The van der Waals surface area contributed by atoms with Crippen LogP contribution in [-0.4, -0.2) is 37.2 Å². The van der Waals surface area contributed by atoms with Gasteiger partial charge in [-0.3, -0.25) is 14.4 Å². The Labute approximate surface area is 475 Å². The minimum absolute atomic E-state index is 0.100. The molecule has 0 spiro atoms. The van der Waals surface area contributed by atoms with E-state index in [0.717, 1.165) is 109 Å². The summed E-state index contributed by atoms with van der Waals surface area (Å²) in [5.41, 5.74) is 0. The maximum atomic E-state index is 12.9. The molecule has 0 aliphatic rings. The molecule has 1 atom stereocenters. The van der Waals surface area contributed by atoms with Gasteiger partial charge < -0.3 is 14.2 Å². The predicted molar refractivity (Wildman–Crippen MR) is 334 cm³/mol. The lowest BCUT2D eigenvalue weighted by Crippen LogP contribution is -2.30. The van der Waals surface area contributed by atoms with E-state index in [-0.39, 0.29) is 31.1 Å². The molecule has 0 fully saturated rings. The average molecular weight is 1070 g/mol. The van der Waals surface area contributed by atoms with Crippen LogP contribution >= 0.6 is 0 Å². The van der Waals surface area contributed by atoms with Crippen molar-refractivity contribution in [3.05, 3.63) is 122 Å². The van der Waals surface area contributed by atoms with Crippen LogP contribution in [0.4, 0.5) is 0 Å². The summed E-state index contributed by atoms with van der Waals surface area (Å²) in [4.78, 5) is 38.3. The van der Waals surface area contributed by atoms with Crippen molar-refractivity contribution in [2.45, 2.75) is 297 Å². The van der Waals surface area contributed by atoms with E-state index in [1.807, 2.05) is 0 Å². The van der Waals surface area contributed by atoms with Crippen LogP contribution in [0.5, 0.6) is 0 Å². The van der Waals surface area contributed by atoms with Crippen LogP contribution in [0.25, 0.3) is 0 Å². The maximum absolute atomic E-state index is 12.9. The van der Waals surface area contributed by atoms with Crippen LogP contribution in [-0.2, 0) is 28.6 Å². The van der Waals surface area contributed by atoms with E-state index in [0.29, 0.717) is 25.7 Å². The highest BCUT2D eigenvalue weighted by Gasteiger charge is 2.19. The van der Waals surface area contributed by atoms with E-state index in [2.05, 4.69) is 142 Å². The third-order valence-electron chi connectivity index (χ3n) is 13.4. The molecular weight excluding hydrogens is 949 g/mol. The topological polar surface area (TPSA) is 78.9 Å². The van der Waals surface area contributed by atoms with Gasteiger partial charge in [0.05, 0.1) is 0 Å². The summed E-state index contributed by atoms with van der Waals surface area (Å²) >= 11 is 0. The number of allylic oxidation sites excluding steroid dienone is 20. The van der Waals surface area contributed by atoms with Crippen LogP contribution < -0.4 is 0 Å². The van der Waals surface area contributed by atoms with Gasteiger partial charge in [-0.15, -0.1) is 0 Å². The normalized spacial score (nSPS) is 12.9. The third kappa shape index (κ3) is 62.5. The minimum atomic E-state index is -0.807. The first kappa shape index (κ1) is 72.8. The van der Waals surface area contributed by atoms with Crippen molar-refractivity contribution in [2.24, 2.45) is 0 Å². The molecule has 0 aliphatic carbocycles. The second kappa shape index (κ2) is 64.3. The smallest absolute Gasteiger partial charge is 0.306 e. The van der Waals surface area contributed by atoms with Crippen LogP contribution in [0.15, 0.2) is 122 Å². The lowest BCUT2D eigenvalue weighted by Gasteiger charge is -2.18. The molecule has 0 aliphatic heterocycles. The first-order valence-corrected chi connectivity index (χ1v) is 32.0. The van der Waals surface area contributed by atoms with Gasteiger partial charge in [0.2, 0.25) is 0 Å². The molecule has 0 saturated carbocycles. The zero-order chi connectivity index (χ0) is 55.7. The fourth-order valence-corrected chi connectivity index (χ4v) is 8.62. The van der Waals surface area contributed by atoms with Gasteiger partial charge in [-0.05, 0) is 135 Å². The van der Waals surface area contributed by atoms with Gasteiger partial charge in [0.1, 0.15) is 13.2 Å². The Bertz CT molecular complexity index is 1600. The first-order chi connectivity index (χ1) is 38.0. The minimum Gasteiger partial charge on any atom is -0.462 e. The third-order valence-corrected chi connectivity index (χ3v) is 13.4. The Morgan fingerprint density at radius 3 is 0.844 bits per heavy atom. The Morgan fingerprint density at radius 2 is 0.506 bits per heavy atom. The summed E-state index contributed by atoms with van der Waals surface area (Å²) in [5, 5.41) is 0. The van der Waals surface area contributed by atoms with Crippen LogP contribution in [0.2, 0.25) is 0 Å². The number of unbranched alkanes of at least 4 members (excludes halogenated alkanes) is 26. The molecule has 1 unspecified atom stereocenters. The van der Waals surface area contributed by atoms with Gasteiger partial charge in [0.25, 0.3) is 0 Å². The van der Waals surface area contributed by atoms with Gasteiger partial charge in [-0.25, -0.2) is 0 Å². The molecule has 0 amide bonds. The number of carbonyl (C=O) groups is 3. The highest BCUT2D eigenvalue weighted by atomic mass is 16.6. The Hall–Kier alpha value is -4.19. The van der Waals surface area contributed by atoms with Gasteiger partial charge >= 0.3 is 17.9 Å². The second-order valence-corrected chi connectivity index (χ2v) is 20.9. The molecule has 0 saturated heterocycles. The molecule has 6 heteroatoms. The number of hydrogen-bond donors (Lipinski definition) is 0. The lowest BCUT2D eigenvalue weighted by atomic mass is 10.1. The van der Waals surface area contributed by atoms with Crippen molar-refractivity contribution < 1.29 is 28.6 Å². The average Bonchev–Trinajstić information content (AvgIpc) is 3.43. The maximum Gasteiger partial charge on any atom is 0.306 e. The second-order valence-electron chi connectivity index (χ2n) is 20.9. The summed E-state index contributed by atoms with van der Waals surface area (Å²) in [6, 6.07) is 0. The van der Waals surface area contributed by atoms with E-state index in [4.69, 9.17) is 14.2 Å². The largest absolute Gasteiger partial charge is 0.462 e. The fraction of sp³-hybridized carbons (Fsp3) is 0.676. The number of rotatable bonds is 57. The SMILES string of the molecule is CC/C=C\C/C=C\C/C=C\C/C=C\C/C=C\C/C=C\CCCCC(=O)OCC(COC(=O)CCCCCCCCC/C=C\C/C=C\CCCCC)OC(=O)CCCCCCCCCCC/C=C\C/C=C\CCCCCCC. The van der Waals surface area contributed by atoms with Crippen molar-refractivity contribution in [2.75, 3.05) is 13.2 Å². The van der Waals surface area contributed by atoms with Crippen molar-refractivity contribution in [3.8, 4) is 0 Å². The quantitative estimate of drug-likeness (QED) is 0.0261. The standard InChI is InChI=1S/C71H118O6/c1-4-7-10-13-16-19-22-25-28-31-33-35-37-40-43-46-49-52-55-58-61-64-70(73)76-67-68(66-75-69(72)63-60-57-54-51-48-45-42-39-30-27-24-21-18-15-12-9-6-3)77-71(74)65-62-59-56-53-50-47-44-41-38-36-34-32-29-26-23-20-17-14-11-8-5-2/h7,10,16,18-19,21,23,25-28,30,32-35,40,43,49,52,68H,4-6,8-9,11-15,17,20,22,24,29,31,36-39,41-42,44-48,50-51,53-67H2,1-3H3/b10-7-,19-16-,21-18-,26-23-,28-25-,30-27-,34-32-,35-33-,43-40-,52-49-. The fourth-order valence-electron chi connectivity index (χ4n) is 8.62. The van der Waals surface area contributed by atoms with Gasteiger partial charge in [-0.1, -0.05) is 258 Å². The van der Waals surface area contributed by atoms with Crippen molar-refractivity contribution in [3.63, 3.8) is 0 Å². The molecule has 0 aromatic carbocycles. The first-order valence-electron chi connectivity index (χ1n) is 32.0. The number of esters is 3. The van der Waals surface area contributed by atoms with Gasteiger partial charge in [-0.2, -0.15) is 0 Å². The highest BCUT2D eigenvalue weighted by molar-refractivity contribution is 5.71. The summed E-state index contributed by atoms with van der Waals surface area (Å²) in [5.74, 6) is -0.952. The molecular formula is C71H118O6. The van der Waals surface area contributed by atoms with Crippen LogP contribution in [0.3, 0.4) is 0 Å². The van der Waals surface area contributed by atoms with Crippen LogP contribution in [0.1, 0.15) is 290 Å². The molecule has 0 heterocycles. The predicted octanol–water partition coefficient (Wildman–Crippen LogP) is 22.0. The van der Waals surface area contributed by atoms with Crippen molar-refractivity contribution >= 4 is 17.9 Å². The molecule has 0 aromatic heterocycles. The van der Waals surface area contributed by atoms with Gasteiger partial charge in [0, 0.05) is 19.3 Å².